The zero-order valence-electron chi connectivity index (χ0n) is 19.9. The highest BCUT2D eigenvalue weighted by atomic mass is 16.6. The highest BCUT2D eigenvalue weighted by Crippen LogP contribution is 2.20. The van der Waals surface area contributed by atoms with Gasteiger partial charge in [0.2, 0.25) is 5.91 Å². The summed E-state index contributed by atoms with van der Waals surface area (Å²) in [7, 11) is 0. The molecule has 0 saturated carbocycles. The first kappa shape index (κ1) is 25.7. The standard InChI is InChI=1S/C25H33N3O5/c1-17-9-8-12-21(18(17)2)32-16-23(30)27-15-19-10-6-7-11-20(19)28-22(29)13-14-26-24(31)33-25(3,4)5/h6-12H,13-16H2,1-5H3,(H,26,31)(H,27,30)(H,28,29). The zero-order chi connectivity index (χ0) is 24.4. The van der Waals surface area contributed by atoms with Gasteiger partial charge in [-0.25, -0.2) is 4.79 Å². The zero-order valence-corrected chi connectivity index (χ0v) is 19.9. The number of hydrogen-bond donors (Lipinski definition) is 3. The van der Waals surface area contributed by atoms with E-state index in [1.165, 1.54) is 0 Å². The molecule has 2 rings (SSSR count). The van der Waals surface area contributed by atoms with Crippen molar-refractivity contribution in [3.05, 3.63) is 59.2 Å². The minimum atomic E-state index is -0.598. The number of anilines is 1. The first-order valence-corrected chi connectivity index (χ1v) is 10.9. The quantitative estimate of drug-likeness (QED) is 0.533. The van der Waals surface area contributed by atoms with Crippen LogP contribution in [0.3, 0.4) is 0 Å². The van der Waals surface area contributed by atoms with Crippen molar-refractivity contribution in [2.24, 2.45) is 0 Å². The number of nitrogens with one attached hydrogen (secondary N) is 3. The van der Waals surface area contributed by atoms with Crippen LogP contribution in [-0.4, -0.2) is 36.7 Å². The van der Waals surface area contributed by atoms with Crippen molar-refractivity contribution >= 4 is 23.6 Å². The van der Waals surface area contributed by atoms with Crippen molar-refractivity contribution < 1.29 is 23.9 Å². The molecule has 0 heterocycles. The molecule has 0 bridgehead atoms. The van der Waals surface area contributed by atoms with Gasteiger partial charge in [-0.1, -0.05) is 30.3 Å². The number of benzene rings is 2. The normalized spacial score (nSPS) is 10.8. The van der Waals surface area contributed by atoms with Gasteiger partial charge >= 0.3 is 6.09 Å². The summed E-state index contributed by atoms with van der Waals surface area (Å²) >= 11 is 0. The average molecular weight is 456 g/mol. The molecule has 2 aromatic carbocycles. The van der Waals surface area contributed by atoms with Crippen LogP contribution in [0.2, 0.25) is 0 Å². The first-order valence-electron chi connectivity index (χ1n) is 10.9. The van der Waals surface area contributed by atoms with E-state index in [-0.39, 0.29) is 37.9 Å². The molecule has 2 aromatic rings. The molecule has 0 unspecified atom stereocenters. The third kappa shape index (κ3) is 9.22. The van der Waals surface area contributed by atoms with Gasteiger partial charge in [0.05, 0.1) is 0 Å². The van der Waals surface area contributed by atoms with E-state index in [2.05, 4.69) is 16.0 Å². The van der Waals surface area contributed by atoms with E-state index in [0.717, 1.165) is 16.7 Å². The maximum Gasteiger partial charge on any atom is 0.407 e. The molecular weight excluding hydrogens is 422 g/mol. The third-order valence-electron chi connectivity index (χ3n) is 4.70. The van der Waals surface area contributed by atoms with E-state index in [0.29, 0.717) is 11.4 Å². The molecule has 33 heavy (non-hydrogen) atoms. The van der Waals surface area contributed by atoms with Crippen molar-refractivity contribution in [3.8, 4) is 5.75 Å². The van der Waals surface area contributed by atoms with Crippen molar-refractivity contribution in [2.45, 2.75) is 53.2 Å². The van der Waals surface area contributed by atoms with Gasteiger partial charge in [0.25, 0.3) is 5.91 Å². The molecule has 3 amide bonds. The maximum absolute atomic E-state index is 12.3. The molecule has 0 fully saturated rings. The van der Waals surface area contributed by atoms with Crippen molar-refractivity contribution in [1.82, 2.24) is 10.6 Å². The van der Waals surface area contributed by atoms with Gasteiger partial charge in [-0.2, -0.15) is 0 Å². The lowest BCUT2D eigenvalue weighted by Crippen LogP contribution is -2.34. The summed E-state index contributed by atoms with van der Waals surface area (Å²) in [6.07, 6.45) is -0.481. The molecule has 0 aromatic heterocycles. The Bertz CT molecular complexity index is 982. The van der Waals surface area contributed by atoms with Crippen LogP contribution in [0.1, 0.15) is 43.9 Å². The summed E-state index contributed by atoms with van der Waals surface area (Å²) in [6.45, 7) is 9.53. The number of alkyl carbamates (subject to hydrolysis) is 1. The Hall–Kier alpha value is -3.55. The van der Waals surface area contributed by atoms with Crippen LogP contribution < -0.4 is 20.7 Å². The molecule has 3 N–H and O–H groups in total. The monoisotopic (exact) mass is 455 g/mol. The summed E-state index contributed by atoms with van der Waals surface area (Å²) in [6, 6.07) is 12.9. The van der Waals surface area contributed by atoms with Gasteiger partial charge in [0.15, 0.2) is 6.61 Å². The van der Waals surface area contributed by atoms with E-state index < -0.39 is 11.7 Å². The Morgan fingerprint density at radius 2 is 1.64 bits per heavy atom. The second kappa shape index (κ2) is 11.9. The summed E-state index contributed by atoms with van der Waals surface area (Å²) < 4.78 is 10.8. The molecule has 178 valence electrons. The second-order valence-electron chi connectivity index (χ2n) is 8.65. The summed E-state index contributed by atoms with van der Waals surface area (Å²) in [4.78, 5) is 36.2. The fraction of sp³-hybridized carbons (Fsp3) is 0.400. The molecule has 0 aliphatic rings. The highest BCUT2D eigenvalue weighted by Gasteiger charge is 2.16. The van der Waals surface area contributed by atoms with Crippen molar-refractivity contribution in [2.75, 3.05) is 18.5 Å². The lowest BCUT2D eigenvalue weighted by atomic mass is 10.1. The second-order valence-corrected chi connectivity index (χ2v) is 8.65. The summed E-state index contributed by atoms with van der Waals surface area (Å²) in [5.41, 5.74) is 2.85. The van der Waals surface area contributed by atoms with Crippen LogP contribution in [0, 0.1) is 13.8 Å². The van der Waals surface area contributed by atoms with E-state index >= 15 is 0 Å². The van der Waals surface area contributed by atoms with Gasteiger partial charge in [0.1, 0.15) is 11.4 Å². The third-order valence-corrected chi connectivity index (χ3v) is 4.70. The highest BCUT2D eigenvalue weighted by molar-refractivity contribution is 5.92. The van der Waals surface area contributed by atoms with Crippen molar-refractivity contribution in [3.63, 3.8) is 0 Å². The lowest BCUT2D eigenvalue weighted by Gasteiger charge is -2.19. The van der Waals surface area contributed by atoms with Gasteiger partial charge in [0, 0.05) is 25.2 Å². The van der Waals surface area contributed by atoms with Crippen LogP contribution in [-0.2, 0) is 20.9 Å². The van der Waals surface area contributed by atoms with E-state index in [4.69, 9.17) is 9.47 Å². The fourth-order valence-corrected chi connectivity index (χ4v) is 2.87. The summed E-state index contributed by atoms with van der Waals surface area (Å²) in [5.74, 6) is 0.152. The molecule has 0 aliphatic heterocycles. The predicted molar refractivity (Wildman–Crippen MR) is 127 cm³/mol. The molecule has 0 atom stereocenters. The summed E-state index contributed by atoms with van der Waals surface area (Å²) in [5, 5.41) is 8.17. The number of para-hydroxylation sites is 1. The SMILES string of the molecule is Cc1cccc(OCC(=O)NCc2ccccc2NC(=O)CCNC(=O)OC(C)(C)C)c1C. The molecule has 0 radical (unpaired) electrons. The molecule has 8 nitrogen and oxygen atoms in total. The smallest absolute Gasteiger partial charge is 0.407 e. The fourth-order valence-electron chi connectivity index (χ4n) is 2.87. The van der Waals surface area contributed by atoms with Gasteiger partial charge < -0.3 is 25.4 Å². The number of ether oxygens (including phenoxy) is 2. The number of aryl methyl sites for hydroxylation is 1. The number of carbonyl (C=O) groups excluding carboxylic acids is 3. The molecular formula is C25H33N3O5. The largest absolute Gasteiger partial charge is 0.483 e. The van der Waals surface area contributed by atoms with Crippen LogP contribution >= 0.6 is 0 Å². The Balaban J connectivity index is 1.80. The minimum Gasteiger partial charge on any atom is -0.483 e. The van der Waals surface area contributed by atoms with Gasteiger partial charge in [-0.3, -0.25) is 9.59 Å². The topological polar surface area (TPSA) is 106 Å². The number of amides is 3. The van der Waals surface area contributed by atoms with E-state index in [9.17, 15) is 14.4 Å². The van der Waals surface area contributed by atoms with E-state index in [1.807, 2.05) is 44.2 Å². The van der Waals surface area contributed by atoms with Crippen molar-refractivity contribution in [1.29, 1.82) is 0 Å². The lowest BCUT2D eigenvalue weighted by molar-refractivity contribution is -0.123. The Kier molecular flexibility index (Phi) is 9.27. The first-order chi connectivity index (χ1) is 15.5. The van der Waals surface area contributed by atoms with Gasteiger partial charge in [-0.05, 0) is 63.4 Å². The van der Waals surface area contributed by atoms with Crippen LogP contribution in [0.15, 0.2) is 42.5 Å². The Labute approximate surface area is 195 Å². The predicted octanol–water partition coefficient (Wildman–Crippen LogP) is 3.85. The average Bonchev–Trinajstić information content (AvgIpc) is 2.73. The minimum absolute atomic E-state index is 0.0869. The molecule has 0 aliphatic carbocycles. The number of rotatable bonds is 9. The Morgan fingerprint density at radius 3 is 2.36 bits per heavy atom. The van der Waals surface area contributed by atoms with Crippen LogP contribution in [0.5, 0.6) is 5.75 Å². The van der Waals surface area contributed by atoms with Crippen LogP contribution in [0.4, 0.5) is 10.5 Å². The van der Waals surface area contributed by atoms with Gasteiger partial charge in [-0.15, -0.1) is 0 Å². The molecule has 0 spiro atoms. The molecule has 0 saturated heterocycles. The molecule has 8 heteroatoms. The maximum atomic E-state index is 12.3. The van der Waals surface area contributed by atoms with E-state index in [1.54, 1.807) is 32.9 Å². The number of hydrogen-bond acceptors (Lipinski definition) is 5. The Morgan fingerprint density at radius 1 is 0.909 bits per heavy atom. The number of carbonyl (C=O) groups is 3. The van der Waals surface area contributed by atoms with Crippen LogP contribution in [0.25, 0.3) is 0 Å².